The van der Waals surface area contributed by atoms with Gasteiger partial charge in [-0.2, -0.15) is 0 Å². The average molecular weight is 171 g/mol. The second-order valence-corrected chi connectivity index (χ2v) is 2.71. The molecule has 2 N–H and O–H groups in total. The predicted molar refractivity (Wildman–Crippen MR) is 56.1 cm³/mol. The average Bonchev–Trinajstić information content (AvgIpc) is 2.21. The molecule has 66 valence electrons. The topological polar surface area (TPSA) is 26.0 Å². The van der Waals surface area contributed by atoms with Crippen LogP contribution in [-0.2, 0) is 0 Å². The van der Waals surface area contributed by atoms with E-state index in [1.807, 2.05) is 30.3 Å². The minimum absolute atomic E-state index is 0.0974. The first-order valence-electron chi connectivity index (χ1n) is 4.26. The zero-order chi connectivity index (χ0) is 9.52. The first-order chi connectivity index (χ1) is 6.36. The van der Waals surface area contributed by atoms with Crippen molar-refractivity contribution in [1.82, 2.24) is 0 Å². The molecule has 1 unspecified atom stereocenters. The smallest absolute Gasteiger partial charge is 0.0506 e. The zero-order valence-electron chi connectivity index (χ0n) is 7.53. The van der Waals surface area contributed by atoms with E-state index in [4.69, 9.17) is 5.73 Å². The summed E-state index contributed by atoms with van der Waals surface area (Å²) in [5.41, 5.74) is 6.49. The molecule has 0 aliphatic heterocycles. The maximum atomic E-state index is 5.47. The van der Waals surface area contributed by atoms with Gasteiger partial charge in [0.2, 0.25) is 0 Å². The second-order valence-electron chi connectivity index (χ2n) is 2.71. The molecule has 0 fully saturated rings. The van der Waals surface area contributed by atoms with Crippen LogP contribution in [0.5, 0.6) is 0 Å². The van der Waals surface area contributed by atoms with Gasteiger partial charge in [0.15, 0.2) is 0 Å². The van der Waals surface area contributed by atoms with Gasteiger partial charge in [0.1, 0.15) is 0 Å². The number of nitrogens with two attached hydrogens (primary N) is 1. The molecule has 1 atom stereocenters. The van der Waals surface area contributed by atoms with Gasteiger partial charge in [0.05, 0.1) is 5.92 Å². The van der Waals surface area contributed by atoms with E-state index < -0.39 is 0 Å². The van der Waals surface area contributed by atoms with Gasteiger partial charge in [0, 0.05) is 12.1 Å². The second kappa shape index (κ2) is 5.18. The van der Waals surface area contributed by atoms with Crippen LogP contribution in [0.25, 0.3) is 0 Å². The molecule has 0 radical (unpaired) electrons. The van der Waals surface area contributed by atoms with Crippen molar-refractivity contribution in [2.75, 3.05) is 6.54 Å². The summed E-state index contributed by atoms with van der Waals surface area (Å²) >= 11 is 0. The highest BCUT2D eigenvalue weighted by Crippen LogP contribution is 1.97. The van der Waals surface area contributed by atoms with Gasteiger partial charge in [-0.25, -0.2) is 0 Å². The summed E-state index contributed by atoms with van der Waals surface area (Å²) in [4.78, 5) is 0. The van der Waals surface area contributed by atoms with Crippen molar-refractivity contribution < 1.29 is 0 Å². The Morgan fingerprint density at radius 1 is 1.38 bits per heavy atom. The molecule has 1 aromatic carbocycles. The molecule has 13 heavy (non-hydrogen) atoms. The molecule has 1 aromatic rings. The lowest BCUT2D eigenvalue weighted by atomic mass is 10.1. The van der Waals surface area contributed by atoms with Crippen LogP contribution in [0.15, 0.2) is 43.0 Å². The molecular formula is C12H13N. The molecular weight excluding hydrogens is 158 g/mol. The Balaban J connectivity index is 2.72. The summed E-state index contributed by atoms with van der Waals surface area (Å²) in [6.07, 6.45) is 1.77. The fourth-order valence-corrected chi connectivity index (χ4v) is 0.912. The van der Waals surface area contributed by atoms with Crippen molar-refractivity contribution in [2.24, 2.45) is 11.7 Å². The van der Waals surface area contributed by atoms with E-state index in [1.54, 1.807) is 6.08 Å². The number of benzene rings is 1. The summed E-state index contributed by atoms with van der Waals surface area (Å²) < 4.78 is 0. The molecule has 1 rings (SSSR count). The van der Waals surface area contributed by atoms with Gasteiger partial charge in [-0.15, -0.1) is 6.58 Å². The minimum Gasteiger partial charge on any atom is -0.329 e. The van der Waals surface area contributed by atoms with Crippen LogP contribution in [0.2, 0.25) is 0 Å². The van der Waals surface area contributed by atoms with Gasteiger partial charge in [0.25, 0.3) is 0 Å². The van der Waals surface area contributed by atoms with Crippen molar-refractivity contribution in [1.29, 1.82) is 0 Å². The van der Waals surface area contributed by atoms with E-state index in [2.05, 4.69) is 18.4 Å². The molecule has 1 heteroatoms. The largest absolute Gasteiger partial charge is 0.329 e. The van der Waals surface area contributed by atoms with Crippen LogP contribution in [0.1, 0.15) is 5.56 Å². The maximum absolute atomic E-state index is 5.47. The van der Waals surface area contributed by atoms with Crippen LogP contribution in [0, 0.1) is 17.8 Å². The van der Waals surface area contributed by atoms with Crippen molar-refractivity contribution >= 4 is 0 Å². The summed E-state index contributed by atoms with van der Waals surface area (Å²) in [5, 5.41) is 0. The maximum Gasteiger partial charge on any atom is 0.0506 e. The third-order valence-electron chi connectivity index (χ3n) is 1.71. The standard InChI is InChI=1S/C12H13N/c1-2-11(10-13)8-9-12-6-4-3-5-7-12/h2-7,11H,1,10,13H2. The Morgan fingerprint density at radius 2 is 2.08 bits per heavy atom. The number of hydrogen-bond acceptors (Lipinski definition) is 1. The normalized spacial score (nSPS) is 11.2. The van der Waals surface area contributed by atoms with Crippen LogP contribution < -0.4 is 5.73 Å². The van der Waals surface area contributed by atoms with Crippen molar-refractivity contribution in [3.05, 3.63) is 48.6 Å². The van der Waals surface area contributed by atoms with E-state index >= 15 is 0 Å². The van der Waals surface area contributed by atoms with Gasteiger partial charge in [-0.3, -0.25) is 0 Å². The third-order valence-corrected chi connectivity index (χ3v) is 1.71. The summed E-state index contributed by atoms with van der Waals surface area (Å²) in [7, 11) is 0. The highest BCUT2D eigenvalue weighted by molar-refractivity contribution is 5.34. The molecule has 0 spiro atoms. The highest BCUT2D eigenvalue weighted by Gasteiger charge is 1.92. The Morgan fingerprint density at radius 3 is 2.62 bits per heavy atom. The van der Waals surface area contributed by atoms with Gasteiger partial charge < -0.3 is 5.73 Å². The van der Waals surface area contributed by atoms with E-state index in [1.165, 1.54) is 0 Å². The molecule has 0 saturated heterocycles. The highest BCUT2D eigenvalue weighted by atomic mass is 14.5. The van der Waals surface area contributed by atoms with E-state index in [0.29, 0.717) is 6.54 Å². The Kier molecular flexibility index (Phi) is 3.81. The Labute approximate surface area is 79.3 Å². The third kappa shape index (κ3) is 3.14. The van der Waals surface area contributed by atoms with Crippen LogP contribution >= 0.6 is 0 Å². The molecule has 0 heterocycles. The number of rotatable bonds is 2. The van der Waals surface area contributed by atoms with Crippen LogP contribution in [0.4, 0.5) is 0 Å². The lowest BCUT2D eigenvalue weighted by Crippen LogP contribution is -2.09. The molecule has 0 saturated carbocycles. The molecule has 0 amide bonds. The number of hydrogen-bond donors (Lipinski definition) is 1. The molecule has 0 aliphatic carbocycles. The molecule has 0 bridgehead atoms. The van der Waals surface area contributed by atoms with Gasteiger partial charge in [-0.1, -0.05) is 36.1 Å². The molecule has 0 aliphatic rings. The first-order valence-corrected chi connectivity index (χ1v) is 4.26. The van der Waals surface area contributed by atoms with E-state index in [-0.39, 0.29) is 5.92 Å². The van der Waals surface area contributed by atoms with Gasteiger partial charge in [-0.05, 0) is 12.1 Å². The fourth-order valence-electron chi connectivity index (χ4n) is 0.912. The Bertz CT molecular complexity index is 316. The quantitative estimate of drug-likeness (QED) is 0.533. The summed E-state index contributed by atoms with van der Waals surface area (Å²) in [5.74, 6) is 6.19. The van der Waals surface area contributed by atoms with Crippen LogP contribution in [0.3, 0.4) is 0 Å². The monoisotopic (exact) mass is 171 g/mol. The van der Waals surface area contributed by atoms with Crippen molar-refractivity contribution in [3.8, 4) is 11.8 Å². The zero-order valence-corrected chi connectivity index (χ0v) is 7.53. The fraction of sp³-hybridized carbons (Fsp3) is 0.167. The van der Waals surface area contributed by atoms with Crippen molar-refractivity contribution in [3.63, 3.8) is 0 Å². The van der Waals surface area contributed by atoms with E-state index in [9.17, 15) is 0 Å². The SMILES string of the molecule is C=CC(C#Cc1ccccc1)CN. The minimum atomic E-state index is 0.0974. The van der Waals surface area contributed by atoms with E-state index in [0.717, 1.165) is 5.56 Å². The molecule has 0 aromatic heterocycles. The van der Waals surface area contributed by atoms with Crippen molar-refractivity contribution in [2.45, 2.75) is 0 Å². The summed E-state index contributed by atoms with van der Waals surface area (Å²) in [6.45, 7) is 4.19. The Hall–Kier alpha value is -1.52. The lowest BCUT2D eigenvalue weighted by molar-refractivity contribution is 0.850. The predicted octanol–water partition coefficient (Wildman–Crippen LogP) is 1.80. The van der Waals surface area contributed by atoms with Crippen LogP contribution in [-0.4, -0.2) is 6.54 Å². The first kappa shape index (κ1) is 9.57. The summed E-state index contributed by atoms with van der Waals surface area (Å²) in [6, 6.07) is 9.86. The van der Waals surface area contributed by atoms with Gasteiger partial charge >= 0.3 is 0 Å². The molecule has 1 nitrogen and oxygen atoms in total. The lowest BCUT2D eigenvalue weighted by Gasteiger charge is -1.96.